The first-order valence-electron chi connectivity index (χ1n) is 4.71. The van der Waals surface area contributed by atoms with Crippen LogP contribution in [-0.4, -0.2) is 9.91 Å². The van der Waals surface area contributed by atoms with Crippen LogP contribution in [0.2, 0.25) is 0 Å². The number of nitrogens with zero attached hydrogens (tertiary/aromatic N) is 2. The molecule has 1 N–H and O–H groups in total. The van der Waals surface area contributed by atoms with Gasteiger partial charge in [0.05, 0.1) is 23.0 Å². The fourth-order valence-electron chi connectivity index (χ4n) is 1.30. The van der Waals surface area contributed by atoms with Gasteiger partial charge in [-0.2, -0.15) is 0 Å². The second-order valence-corrected chi connectivity index (χ2v) is 4.25. The van der Waals surface area contributed by atoms with Gasteiger partial charge >= 0.3 is 0 Å². The minimum absolute atomic E-state index is 0.267. The molecule has 0 aliphatic rings. The fourth-order valence-corrected chi connectivity index (χ4v) is 1.83. The van der Waals surface area contributed by atoms with E-state index in [0.717, 1.165) is 10.9 Å². The summed E-state index contributed by atoms with van der Waals surface area (Å²) in [6.07, 6.45) is 1.69. The molecule has 7 heteroatoms. The summed E-state index contributed by atoms with van der Waals surface area (Å²) in [7, 11) is 0. The first kappa shape index (κ1) is 11.5. The van der Waals surface area contributed by atoms with Gasteiger partial charge in [-0.3, -0.25) is 15.1 Å². The highest BCUT2D eigenvalue weighted by atomic mass is 32.1. The molecule has 0 amide bonds. The van der Waals surface area contributed by atoms with Crippen LogP contribution in [0.5, 0.6) is 0 Å². The normalized spacial score (nSPS) is 10.2. The second-order valence-electron chi connectivity index (χ2n) is 3.28. The number of hydrogen-bond acceptors (Lipinski definition) is 5. The molecule has 0 radical (unpaired) electrons. The van der Waals surface area contributed by atoms with Crippen LogP contribution in [0.4, 0.5) is 15.8 Å². The molecular weight excluding hydrogens is 245 g/mol. The standard InChI is InChI=1S/C10H8FN3O2S/c11-7-1-8(3-9(2-7)14(15)16)13-5-10-4-12-6-17-10/h1-4,6,13H,5H2. The molecule has 88 valence electrons. The van der Waals surface area contributed by atoms with Gasteiger partial charge in [0, 0.05) is 22.8 Å². The summed E-state index contributed by atoms with van der Waals surface area (Å²) in [5, 5.41) is 13.5. The monoisotopic (exact) mass is 253 g/mol. The topological polar surface area (TPSA) is 68.1 Å². The van der Waals surface area contributed by atoms with E-state index in [1.807, 2.05) is 0 Å². The van der Waals surface area contributed by atoms with Gasteiger partial charge in [0.25, 0.3) is 5.69 Å². The summed E-state index contributed by atoms with van der Waals surface area (Å²) < 4.78 is 13.1. The zero-order valence-corrected chi connectivity index (χ0v) is 9.41. The number of nitrogens with one attached hydrogen (secondary N) is 1. The Morgan fingerprint density at radius 1 is 1.47 bits per heavy atom. The zero-order chi connectivity index (χ0) is 12.3. The molecule has 1 aromatic heterocycles. The van der Waals surface area contributed by atoms with Crippen molar-refractivity contribution < 1.29 is 9.31 Å². The van der Waals surface area contributed by atoms with Gasteiger partial charge in [-0.05, 0) is 6.07 Å². The van der Waals surface area contributed by atoms with Crippen LogP contribution in [-0.2, 0) is 6.54 Å². The van der Waals surface area contributed by atoms with Gasteiger partial charge in [-0.1, -0.05) is 0 Å². The first-order valence-corrected chi connectivity index (χ1v) is 5.59. The molecule has 0 saturated carbocycles. The number of nitro benzene ring substituents is 1. The number of thiazole rings is 1. The van der Waals surface area contributed by atoms with Crippen molar-refractivity contribution in [1.82, 2.24) is 4.98 Å². The second kappa shape index (κ2) is 4.88. The van der Waals surface area contributed by atoms with Crippen LogP contribution in [0.1, 0.15) is 4.88 Å². The Morgan fingerprint density at radius 3 is 2.94 bits per heavy atom. The maximum Gasteiger partial charge on any atom is 0.274 e. The molecule has 0 aliphatic carbocycles. The number of anilines is 1. The molecule has 0 saturated heterocycles. The van der Waals surface area contributed by atoms with Gasteiger partial charge in [-0.15, -0.1) is 11.3 Å². The summed E-state index contributed by atoms with van der Waals surface area (Å²) in [5.41, 5.74) is 1.80. The Morgan fingerprint density at radius 2 is 2.29 bits per heavy atom. The quantitative estimate of drug-likeness (QED) is 0.672. The van der Waals surface area contributed by atoms with Crippen LogP contribution in [0.3, 0.4) is 0 Å². The number of rotatable bonds is 4. The Labute approximate surface area is 100 Å². The Balaban J connectivity index is 2.13. The van der Waals surface area contributed by atoms with E-state index < -0.39 is 10.7 Å². The predicted molar refractivity (Wildman–Crippen MR) is 62.5 cm³/mol. The SMILES string of the molecule is O=[N+]([O-])c1cc(F)cc(NCc2cncs2)c1. The van der Waals surface area contributed by atoms with E-state index in [1.54, 1.807) is 11.7 Å². The highest BCUT2D eigenvalue weighted by molar-refractivity contribution is 7.09. The first-order chi connectivity index (χ1) is 8.15. The van der Waals surface area contributed by atoms with Gasteiger partial charge in [0.1, 0.15) is 5.82 Å². The molecule has 0 spiro atoms. The number of benzene rings is 1. The highest BCUT2D eigenvalue weighted by Crippen LogP contribution is 2.20. The lowest BCUT2D eigenvalue weighted by Crippen LogP contribution is -1.99. The van der Waals surface area contributed by atoms with Gasteiger partial charge in [0.2, 0.25) is 0 Å². The maximum atomic E-state index is 13.1. The third-order valence-corrected chi connectivity index (χ3v) is 2.82. The molecule has 1 heterocycles. The van der Waals surface area contributed by atoms with E-state index in [0.29, 0.717) is 12.2 Å². The number of hydrogen-bond donors (Lipinski definition) is 1. The lowest BCUT2D eigenvalue weighted by Gasteiger charge is -2.04. The van der Waals surface area contributed by atoms with Crippen molar-refractivity contribution >= 4 is 22.7 Å². The van der Waals surface area contributed by atoms with Crippen molar-refractivity contribution in [3.8, 4) is 0 Å². The van der Waals surface area contributed by atoms with Gasteiger partial charge < -0.3 is 5.32 Å². The molecule has 17 heavy (non-hydrogen) atoms. The minimum Gasteiger partial charge on any atom is -0.380 e. The molecule has 2 aromatic rings. The van der Waals surface area contributed by atoms with E-state index in [4.69, 9.17) is 0 Å². The number of halogens is 1. The average Bonchev–Trinajstić information content (AvgIpc) is 2.78. The molecule has 0 fully saturated rings. The molecule has 0 unspecified atom stereocenters. The van der Waals surface area contributed by atoms with E-state index in [2.05, 4.69) is 10.3 Å². The summed E-state index contributed by atoms with van der Waals surface area (Å²) in [4.78, 5) is 14.8. The van der Waals surface area contributed by atoms with Crippen molar-refractivity contribution in [3.63, 3.8) is 0 Å². The molecule has 0 atom stereocenters. The van der Waals surface area contributed by atoms with Crippen LogP contribution >= 0.6 is 11.3 Å². The lowest BCUT2D eigenvalue weighted by molar-refractivity contribution is -0.385. The Bertz CT molecular complexity index is 530. The van der Waals surface area contributed by atoms with Crippen LogP contribution < -0.4 is 5.32 Å². The third kappa shape index (κ3) is 2.97. The maximum absolute atomic E-state index is 13.1. The van der Waals surface area contributed by atoms with Crippen molar-refractivity contribution in [1.29, 1.82) is 0 Å². The van der Waals surface area contributed by atoms with Crippen LogP contribution in [0.15, 0.2) is 29.9 Å². The van der Waals surface area contributed by atoms with E-state index in [-0.39, 0.29) is 5.69 Å². The molecule has 0 aliphatic heterocycles. The number of aromatic nitrogens is 1. The summed E-state index contributed by atoms with van der Waals surface area (Å²) in [6.45, 7) is 0.464. The van der Waals surface area contributed by atoms with Crippen LogP contribution in [0.25, 0.3) is 0 Å². The largest absolute Gasteiger partial charge is 0.380 e. The molecule has 5 nitrogen and oxygen atoms in total. The molecule has 2 rings (SSSR count). The highest BCUT2D eigenvalue weighted by Gasteiger charge is 2.09. The van der Waals surface area contributed by atoms with E-state index >= 15 is 0 Å². The zero-order valence-electron chi connectivity index (χ0n) is 8.59. The summed E-state index contributed by atoms with van der Waals surface area (Å²) >= 11 is 1.46. The van der Waals surface area contributed by atoms with Crippen LogP contribution in [0, 0.1) is 15.9 Å². The van der Waals surface area contributed by atoms with Crippen molar-refractivity contribution in [2.45, 2.75) is 6.54 Å². The molecular formula is C10H8FN3O2S. The van der Waals surface area contributed by atoms with Gasteiger partial charge in [-0.25, -0.2) is 4.39 Å². The fraction of sp³-hybridized carbons (Fsp3) is 0.100. The minimum atomic E-state index is -0.633. The molecule has 0 bridgehead atoms. The van der Waals surface area contributed by atoms with Crippen molar-refractivity contribution in [3.05, 3.63) is 50.7 Å². The van der Waals surface area contributed by atoms with Crippen molar-refractivity contribution in [2.24, 2.45) is 0 Å². The average molecular weight is 253 g/mol. The molecule has 1 aromatic carbocycles. The van der Waals surface area contributed by atoms with Gasteiger partial charge in [0.15, 0.2) is 0 Å². The van der Waals surface area contributed by atoms with Crippen molar-refractivity contribution in [2.75, 3.05) is 5.32 Å². The Hall–Kier alpha value is -2.02. The van der Waals surface area contributed by atoms with E-state index in [1.165, 1.54) is 23.5 Å². The number of non-ortho nitro benzene ring substituents is 1. The van der Waals surface area contributed by atoms with E-state index in [9.17, 15) is 14.5 Å². The third-order valence-electron chi connectivity index (χ3n) is 2.04. The predicted octanol–water partition coefficient (Wildman–Crippen LogP) is 2.80. The Kier molecular flexibility index (Phi) is 3.29. The number of nitro groups is 1. The lowest BCUT2D eigenvalue weighted by atomic mass is 10.2. The summed E-state index contributed by atoms with van der Waals surface area (Å²) in [6, 6.07) is 3.40. The summed E-state index contributed by atoms with van der Waals surface area (Å²) in [5.74, 6) is -0.633. The smallest absolute Gasteiger partial charge is 0.274 e.